The summed E-state index contributed by atoms with van der Waals surface area (Å²) < 4.78 is 28.2. The average Bonchev–Trinajstić information content (AvgIpc) is 2.68. The Kier molecular flexibility index (Phi) is 5.57. The van der Waals surface area contributed by atoms with Crippen LogP contribution in [0.25, 0.3) is 11.1 Å². The Morgan fingerprint density at radius 3 is 2.24 bits per heavy atom. The molecule has 134 valence electrons. The standard InChI is InChI=1S/C20H26N2O2S/c1-3-22-15-13-18(14-16-22)21(2)25(23,24)20-12-8-7-11-19(20)17-9-5-4-6-10-17/h4-12,18H,3,13-16H2,1-2H3. The van der Waals surface area contributed by atoms with Gasteiger partial charge in [0.2, 0.25) is 10.0 Å². The average molecular weight is 359 g/mol. The lowest BCUT2D eigenvalue weighted by Gasteiger charge is -2.35. The molecule has 2 aromatic carbocycles. The molecule has 0 spiro atoms. The summed E-state index contributed by atoms with van der Waals surface area (Å²) >= 11 is 0. The molecule has 2 aromatic rings. The van der Waals surface area contributed by atoms with Crippen molar-refractivity contribution in [2.75, 3.05) is 26.7 Å². The van der Waals surface area contributed by atoms with Gasteiger partial charge in [-0.3, -0.25) is 0 Å². The molecule has 1 fully saturated rings. The Bertz CT molecular complexity index is 797. The van der Waals surface area contributed by atoms with Gasteiger partial charge < -0.3 is 4.90 Å². The molecule has 1 saturated heterocycles. The highest BCUT2D eigenvalue weighted by Crippen LogP contribution is 2.31. The number of likely N-dealkylation sites (tertiary alicyclic amines) is 1. The third-order valence-electron chi connectivity index (χ3n) is 5.15. The van der Waals surface area contributed by atoms with E-state index in [1.54, 1.807) is 23.5 Å². The third-order valence-corrected chi connectivity index (χ3v) is 7.12. The van der Waals surface area contributed by atoms with Gasteiger partial charge in [-0.15, -0.1) is 0 Å². The molecule has 0 unspecified atom stereocenters. The van der Waals surface area contributed by atoms with Crippen molar-refractivity contribution in [2.45, 2.75) is 30.7 Å². The van der Waals surface area contributed by atoms with Crippen molar-refractivity contribution in [1.29, 1.82) is 0 Å². The number of rotatable bonds is 5. The second-order valence-corrected chi connectivity index (χ2v) is 8.51. The molecule has 0 radical (unpaired) electrons. The van der Waals surface area contributed by atoms with Crippen LogP contribution in [0.1, 0.15) is 19.8 Å². The van der Waals surface area contributed by atoms with Gasteiger partial charge in [0.1, 0.15) is 0 Å². The Morgan fingerprint density at radius 1 is 1.00 bits per heavy atom. The van der Waals surface area contributed by atoms with Gasteiger partial charge in [0.15, 0.2) is 0 Å². The fourth-order valence-electron chi connectivity index (χ4n) is 3.50. The highest BCUT2D eigenvalue weighted by atomic mass is 32.2. The van der Waals surface area contributed by atoms with Crippen LogP contribution in [0.5, 0.6) is 0 Å². The summed E-state index contributed by atoms with van der Waals surface area (Å²) in [7, 11) is -1.80. The van der Waals surface area contributed by atoms with Gasteiger partial charge in [-0.25, -0.2) is 8.42 Å². The van der Waals surface area contributed by atoms with Crippen LogP contribution in [0.3, 0.4) is 0 Å². The van der Waals surface area contributed by atoms with Gasteiger partial charge in [0, 0.05) is 18.7 Å². The minimum atomic E-state index is -3.53. The Labute approximate surface area is 151 Å². The number of hydrogen-bond acceptors (Lipinski definition) is 3. The lowest BCUT2D eigenvalue weighted by Crippen LogP contribution is -2.45. The van der Waals surface area contributed by atoms with Gasteiger partial charge in [0.25, 0.3) is 0 Å². The van der Waals surface area contributed by atoms with Gasteiger partial charge in [-0.05, 0) is 44.1 Å². The molecule has 4 nitrogen and oxygen atoms in total. The van der Waals surface area contributed by atoms with Crippen LogP contribution in [-0.2, 0) is 10.0 Å². The largest absolute Gasteiger partial charge is 0.303 e. The fraction of sp³-hybridized carbons (Fsp3) is 0.400. The van der Waals surface area contributed by atoms with E-state index in [-0.39, 0.29) is 6.04 Å². The normalized spacial score (nSPS) is 17.1. The zero-order chi connectivity index (χ0) is 17.9. The summed E-state index contributed by atoms with van der Waals surface area (Å²) in [4.78, 5) is 2.76. The summed E-state index contributed by atoms with van der Waals surface area (Å²) in [6.45, 7) is 5.10. The van der Waals surface area contributed by atoms with E-state index in [2.05, 4.69) is 11.8 Å². The molecule has 0 N–H and O–H groups in total. The van der Waals surface area contributed by atoms with Crippen LogP contribution < -0.4 is 0 Å². The Hall–Kier alpha value is -1.69. The molecule has 0 saturated carbocycles. The van der Waals surface area contributed by atoms with E-state index < -0.39 is 10.0 Å². The molecule has 1 aliphatic rings. The molecule has 0 aromatic heterocycles. The molecule has 0 aliphatic carbocycles. The topological polar surface area (TPSA) is 40.6 Å². The first-order valence-corrected chi connectivity index (χ1v) is 10.3. The van der Waals surface area contributed by atoms with Crippen LogP contribution in [0.4, 0.5) is 0 Å². The maximum absolute atomic E-state index is 13.3. The molecular formula is C20H26N2O2S. The molecule has 0 atom stereocenters. The smallest absolute Gasteiger partial charge is 0.243 e. The van der Waals surface area contributed by atoms with Crippen LogP contribution in [-0.4, -0.2) is 50.3 Å². The van der Waals surface area contributed by atoms with Gasteiger partial charge in [-0.2, -0.15) is 4.31 Å². The minimum absolute atomic E-state index is 0.0663. The van der Waals surface area contributed by atoms with Crippen LogP contribution in [0, 0.1) is 0 Å². The fourth-order valence-corrected chi connectivity index (χ4v) is 5.13. The Balaban J connectivity index is 1.91. The summed E-state index contributed by atoms with van der Waals surface area (Å²) in [5.74, 6) is 0. The molecule has 1 aliphatic heterocycles. The van der Waals surface area contributed by atoms with Crippen molar-refractivity contribution in [1.82, 2.24) is 9.21 Å². The molecule has 25 heavy (non-hydrogen) atoms. The first kappa shape index (κ1) is 18.1. The first-order chi connectivity index (χ1) is 12.0. The number of benzene rings is 2. The summed E-state index contributed by atoms with van der Waals surface area (Å²) in [6, 6.07) is 17.1. The second kappa shape index (κ2) is 7.68. The summed E-state index contributed by atoms with van der Waals surface area (Å²) in [5, 5.41) is 0. The van der Waals surface area contributed by atoms with Crippen molar-refractivity contribution < 1.29 is 8.42 Å². The van der Waals surface area contributed by atoms with E-state index in [0.29, 0.717) is 4.90 Å². The highest BCUT2D eigenvalue weighted by Gasteiger charge is 2.31. The van der Waals surface area contributed by atoms with Gasteiger partial charge in [-0.1, -0.05) is 55.5 Å². The predicted octanol–water partition coefficient (Wildman–Crippen LogP) is 3.46. The predicted molar refractivity (Wildman–Crippen MR) is 102 cm³/mol. The van der Waals surface area contributed by atoms with Crippen molar-refractivity contribution in [2.24, 2.45) is 0 Å². The van der Waals surface area contributed by atoms with Crippen LogP contribution >= 0.6 is 0 Å². The van der Waals surface area contributed by atoms with Crippen LogP contribution in [0.2, 0.25) is 0 Å². The molecular weight excluding hydrogens is 332 g/mol. The van der Waals surface area contributed by atoms with Crippen molar-refractivity contribution >= 4 is 10.0 Å². The van der Waals surface area contributed by atoms with Gasteiger partial charge >= 0.3 is 0 Å². The first-order valence-electron chi connectivity index (χ1n) is 8.89. The SMILES string of the molecule is CCN1CCC(N(C)S(=O)(=O)c2ccccc2-c2ccccc2)CC1. The molecule has 5 heteroatoms. The zero-order valence-electron chi connectivity index (χ0n) is 14.9. The van der Waals surface area contributed by atoms with E-state index in [1.165, 1.54) is 0 Å². The third kappa shape index (κ3) is 3.78. The monoisotopic (exact) mass is 358 g/mol. The lowest BCUT2D eigenvalue weighted by atomic mass is 10.1. The van der Waals surface area contributed by atoms with Gasteiger partial charge in [0.05, 0.1) is 4.90 Å². The lowest BCUT2D eigenvalue weighted by molar-refractivity contribution is 0.176. The number of sulfonamides is 1. The molecule has 3 rings (SSSR count). The van der Waals surface area contributed by atoms with E-state index in [9.17, 15) is 8.42 Å². The van der Waals surface area contributed by atoms with E-state index in [1.807, 2.05) is 42.5 Å². The zero-order valence-corrected chi connectivity index (χ0v) is 15.7. The van der Waals surface area contributed by atoms with Crippen LogP contribution in [0.15, 0.2) is 59.5 Å². The second-order valence-electron chi connectivity index (χ2n) is 6.55. The van der Waals surface area contributed by atoms with E-state index in [0.717, 1.165) is 43.6 Å². The maximum atomic E-state index is 13.3. The molecule has 0 amide bonds. The van der Waals surface area contributed by atoms with Crippen molar-refractivity contribution in [3.8, 4) is 11.1 Å². The Morgan fingerprint density at radius 2 is 1.60 bits per heavy atom. The van der Waals surface area contributed by atoms with E-state index >= 15 is 0 Å². The number of nitrogens with zero attached hydrogens (tertiary/aromatic N) is 2. The maximum Gasteiger partial charge on any atom is 0.243 e. The quantitative estimate of drug-likeness (QED) is 0.822. The van der Waals surface area contributed by atoms with E-state index in [4.69, 9.17) is 0 Å². The molecule has 1 heterocycles. The van der Waals surface area contributed by atoms with Crippen molar-refractivity contribution in [3.63, 3.8) is 0 Å². The minimum Gasteiger partial charge on any atom is -0.303 e. The number of hydrogen-bond donors (Lipinski definition) is 0. The van der Waals surface area contributed by atoms with Crippen molar-refractivity contribution in [3.05, 3.63) is 54.6 Å². The summed E-state index contributed by atoms with van der Waals surface area (Å²) in [5.41, 5.74) is 1.69. The number of piperidine rings is 1. The highest BCUT2D eigenvalue weighted by molar-refractivity contribution is 7.89. The molecule has 0 bridgehead atoms. The summed E-state index contributed by atoms with van der Waals surface area (Å²) in [6.07, 6.45) is 1.77.